The molecule has 0 amide bonds. The normalized spacial score (nSPS) is 19.2. The SMILES string of the molecule is CC(C)O.COCC(COC)n1c(NS(=O)C(C)Cc2ncc(OC)cn2)nnc1C1CCC(C)O1. The molecule has 2 N–H and O–H groups in total. The predicted molar refractivity (Wildman–Crippen MR) is 136 cm³/mol. The van der Waals surface area contributed by atoms with Crippen molar-refractivity contribution in [3.8, 4) is 5.75 Å². The summed E-state index contributed by atoms with van der Waals surface area (Å²) in [4.78, 5) is 8.51. The van der Waals surface area contributed by atoms with Crippen LogP contribution < -0.4 is 9.46 Å². The summed E-state index contributed by atoms with van der Waals surface area (Å²) >= 11 is 0. The topological polar surface area (TPSA) is 143 Å². The standard InChI is InChI=1S/C20H32N6O5S.C3H8O/c1-13-6-7-17(31-13)19-23-24-20(26(19)15(11-28-3)12-29-4)25-32(27)14(2)8-18-21-9-16(30-5)10-22-18;1-3(2)4/h9-10,13-15,17H,6-8,11-12H2,1-5H3,(H,24,25);3-4H,1-2H3. The van der Waals surface area contributed by atoms with E-state index in [0.29, 0.717) is 43.0 Å². The second-order valence-corrected chi connectivity index (χ2v) is 10.5. The number of aliphatic hydroxyl groups excluding tert-OH is 1. The Morgan fingerprint density at radius 1 is 1.14 bits per heavy atom. The van der Waals surface area contributed by atoms with Crippen molar-refractivity contribution in [2.45, 2.75) is 76.6 Å². The number of nitrogens with zero attached hydrogens (tertiary/aromatic N) is 5. The van der Waals surface area contributed by atoms with Gasteiger partial charge in [-0.05, 0) is 40.5 Å². The van der Waals surface area contributed by atoms with Gasteiger partial charge in [-0.15, -0.1) is 10.2 Å². The van der Waals surface area contributed by atoms with Crippen molar-refractivity contribution < 1.29 is 28.3 Å². The molecule has 0 aromatic carbocycles. The minimum absolute atomic E-state index is 0.156. The number of methoxy groups -OCH3 is 3. The van der Waals surface area contributed by atoms with Crippen molar-refractivity contribution in [2.75, 3.05) is 39.3 Å². The van der Waals surface area contributed by atoms with Crippen LogP contribution in [0.3, 0.4) is 0 Å². The Hall–Kier alpha value is -2.19. The fourth-order valence-electron chi connectivity index (χ4n) is 3.60. The number of aromatic nitrogens is 5. The second-order valence-electron chi connectivity index (χ2n) is 8.88. The highest BCUT2D eigenvalue weighted by atomic mass is 32.2. The van der Waals surface area contributed by atoms with E-state index in [2.05, 4.69) is 24.9 Å². The number of nitrogens with one attached hydrogen (secondary N) is 1. The number of rotatable bonds is 12. The van der Waals surface area contributed by atoms with Crippen LogP contribution in [-0.2, 0) is 31.6 Å². The molecule has 1 fully saturated rings. The van der Waals surface area contributed by atoms with Crippen LogP contribution in [0, 0.1) is 0 Å². The Labute approximate surface area is 215 Å². The lowest BCUT2D eigenvalue weighted by Crippen LogP contribution is -2.27. The zero-order valence-electron chi connectivity index (χ0n) is 22.2. The summed E-state index contributed by atoms with van der Waals surface area (Å²) in [5, 5.41) is 16.4. The van der Waals surface area contributed by atoms with Crippen LogP contribution in [0.4, 0.5) is 5.95 Å². The van der Waals surface area contributed by atoms with Gasteiger partial charge in [0, 0.05) is 26.7 Å². The predicted octanol–water partition coefficient (Wildman–Crippen LogP) is 2.24. The van der Waals surface area contributed by atoms with Crippen molar-refractivity contribution in [1.29, 1.82) is 0 Å². The third kappa shape index (κ3) is 9.04. The summed E-state index contributed by atoms with van der Waals surface area (Å²) in [6.07, 6.45) is 5.22. The Bertz CT molecular complexity index is 920. The molecule has 2 aromatic rings. The van der Waals surface area contributed by atoms with Gasteiger partial charge >= 0.3 is 0 Å². The number of ether oxygens (including phenoxy) is 4. The lowest BCUT2D eigenvalue weighted by molar-refractivity contribution is 0.0406. The summed E-state index contributed by atoms with van der Waals surface area (Å²) in [6.45, 7) is 8.12. The summed E-state index contributed by atoms with van der Waals surface area (Å²) in [5.74, 6) is 2.23. The minimum atomic E-state index is -1.46. The first-order chi connectivity index (χ1) is 17.2. The van der Waals surface area contributed by atoms with Crippen LogP contribution in [0.5, 0.6) is 5.75 Å². The first-order valence-electron chi connectivity index (χ1n) is 12.0. The summed E-state index contributed by atoms with van der Waals surface area (Å²) in [5.41, 5.74) is 0. The quantitative estimate of drug-likeness (QED) is 0.421. The Kier molecular flexibility index (Phi) is 12.6. The van der Waals surface area contributed by atoms with Crippen molar-refractivity contribution in [3.63, 3.8) is 0 Å². The van der Waals surface area contributed by atoms with Crippen LogP contribution in [0.2, 0.25) is 0 Å². The first-order valence-corrected chi connectivity index (χ1v) is 13.2. The fraction of sp³-hybridized carbons (Fsp3) is 0.739. The van der Waals surface area contributed by atoms with Gasteiger partial charge in [0.05, 0.1) is 50.1 Å². The van der Waals surface area contributed by atoms with Crippen molar-refractivity contribution in [2.24, 2.45) is 0 Å². The maximum Gasteiger partial charge on any atom is 0.236 e. The molecule has 0 bridgehead atoms. The van der Waals surface area contributed by atoms with Crippen LogP contribution in [0.25, 0.3) is 0 Å². The highest BCUT2D eigenvalue weighted by molar-refractivity contribution is 7.86. The molecule has 13 heteroatoms. The van der Waals surface area contributed by atoms with E-state index in [0.717, 1.165) is 12.8 Å². The molecule has 2 aromatic heterocycles. The van der Waals surface area contributed by atoms with Gasteiger partial charge in [-0.3, -0.25) is 9.29 Å². The maximum absolute atomic E-state index is 13.1. The Balaban J connectivity index is 0.00000106. The average molecular weight is 529 g/mol. The van der Waals surface area contributed by atoms with Crippen molar-refractivity contribution in [3.05, 3.63) is 24.0 Å². The molecule has 3 rings (SSSR count). The van der Waals surface area contributed by atoms with Gasteiger partial charge in [0.15, 0.2) is 11.6 Å². The monoisotopic (exact) mass is 528 g/mol. The van der Waals surface area contributed by atoms with Gasteiger partial charge in [-0.1, -0.05) is 0 Å². The average Bonchev–Trinajstić information content (AvgIpc) is 3.45. The van der Waals surface area contributed by atoms with Crippen LogP contribution in [0.15, 0.2) is 12.4 Å². The lowest BCUT2D eigenvalue weighted by Gasteiger charge is -2.23. The third-order valence-electron chi connectivity index (χ3n) is 5.27. The van der Waals surface area contributed by atoms with Gasteiger partial charge < -0.3 is 24.1 Å². The second kappa shape index (κ2) is 15.2. The van der Waals surface area contributed by atoms with Gasteiger partial charge in [0.2, 0.25) is 5.95 Å². The molecule has 4 atom stereocenters. The maximum atomic E-state index is 13.1. The minimum Gasteiger partial charge on any atom is -0.494 e. The van der Waals surface area contributed by atoms with E-state index in [9.17, 15) is 4.21 Å². The molecular formula is C23H40N6O6S. The van der Waals surface area contributed by atoms with Gasteiger partial charge in [0.1, 0.15) is 22.9 Å². The fourth-order valence-corrected chi connectivity index (χ4v) is 4.42. The highest BCUT2D eigenvalue weighted by Gasteiger charge is 2.32. The van der Waals surface area contributed by atoms with Gasteiger partial charge in [-0.2, -0.15) is 0 Å². The summed E-state index contributed by atoms with van der Waals surface area (Å²) in [7, 11) is 3.35. The van der Waals surface area contributed by atoms with Gasteiger partial charge in [0.25, 0.3) is 0 Å². The summed E-state index contributed by atoms with van der Waals surface area (Å²) in [6, 6.07) is -0.200. The van der Waals surface area contributed by atoms with Gasteiger partial charge in [-0.25, -0.2) is 14.2 Å². The number of hydrogen-bond acceptors (Lipinski definition) is 10. The first kappa shape index (κ1) is 30.0. The Morgan fingerprint density at radius 3 is 2.25 bits per heavy atom. The summed E-state index contributed by atoms with van der Waals surface area (Å²) < 4.78 is 39.9. The van der Waals surface area contributed by atoms with Crippen LogP contribution >= 0.6 is 0 Å². The number of anilines is 1. The molecule has 36 heavy (non-hydrogen) atoms. The molecule has 3 heterocycles. The van der Waals surface area contributed by atoms with Crippen molar-refractivity contribution >= 4 is 16.9 Å². The van der Waals surface area contributed by atoms with Crippen LogP contribution in [-0.4, -0.2) is 86.0 Å². The van der Waals surface area contributed by atoms with Crippen LogP contribution in [0.1, 0.15) is 64.3 Å². The van der Waals surface area contributed by atoms with Crippen molar-refractivity contribution in [1.82, 2.24) is 24.7 Å². The molecule has 0 saturated carbocycles. The molecule has 204 valence electrons. The Morgan fingerprint density at radius 2 is 1.75 bits per heavy atom. The van der Waals surface area contributed by atoms with E-state index in [1.165, 1.54) is 0 Å². The molecule has 0 aliphatic carbocycles. The van der Waals surface area contributed by atoms with E-state index in [-0.39, 0.29) is 29.6 Å². The number of hydrogen-bond donors (Lipinski definition) is 2. The van der Waals surface area contributed by atoms with E-state index in [1.54, 1.807) is 47.6 Å². The molecule has 1 saturated heterocycles. The van der Waals surface area contributed by atoms with E-state index >= 15 is 0 Å². The largest absolute Gasteiger partial charge is 0.494 e. The van der Waals surface area contributed by atoms with E-state index < -0.39 is 11.0 Å². The molecule has 1 aliphatic rings. The van der Waals surface area contributed by atoms with E-state index in [1.807, 2.05) is 18.4 Å². The molecular weight excluding hydrogens is 488 g/mol. The smallest absolute Gasteiger partial charge is 0.236 e. The zero-order valence-corrected chi connectivity index (χ0v) is 23.0. The number of aliphatic hydroxyl groups is 1. The lowest BCUT2D eigenvalue weighted by atomic mass is 10.2. The third-order valence-corrected chi connectivity index (χ3v) is 6.55. The molecule has 12 nitrogen and oxygen atoms in total. The highest BCUT2D eigenvalue weighted by Crippen LogP contribution is 2.34. The zero-order chi connectivity index (χ0) is 26.7. The molecule has 1 aliphatic heterocycles. The van der Waals surface area contributed by atoms with E-state index in [4.69, 9.17) is 24.1 Å². The molecule has 0 radical (unpaired) electrons. The molecule has 0 spiro atoms. The molecule has 4 unspecified atom stereocenters.